The number of Topliss-reactive ketones (excluding diaryl/α,β-unsaturated/α-hetero) is 1. The van der Waals surface area contributed by atoms with Crippen molar-refractivity contribution in [1.82, 2.24) is 9.29 Å². The average molecular weight is 478 g/mol. The third-order valence-corrected chi connectivity index (χ3v) is 8.50. The summed E-state index contributed by atoms with van der Waals surface area (Å²) in [7, 11) is -3.67. The second-order valence-corrected chi connectivity index (χ2v) is 12.2. The van der Waals surface area contributed by atoms with Crippen LogP contribution >= 0.6 is 11.3 Å². The van der Waals surface area contributed by atoms with Crippen molar-refractivity contribution in [3.8, 4) is 0 Å². The molecule has 0 saturated carbocycles. The molecule has 1 fully saturated rings. The summed E-state index contributed by atoms with van der Waals surface area (Å²) in [6.45, 7) is 8.32. The van der Waals surface area contributed by atoms with Crippen LogP contribution in [0.3, 0.4) is 0 Å². The van der Waals surface area contributed by atoms with Crippen molar-refractivity contribution in [2.24, 2.45) is 5.41 Å². The molecular weight excluding hydrogens is 450 g/mol. The van der Waals surface area contributed by atoms with E-state index in [2.05, 4.69) is 10.3 Å². The molecule has 1 aliphatic heterocycles. The van der Waals surface area contributed by atoms with E-state index in [1.807, 2.05) is 27.7 Å². The first kappa shape index (κ1) is 23.0. The van der Waals surface area contributed by atoms with Crippen LogP contribution in [-0.2, 0) is 21.2 Å². The summed E-state index contributed by atoms with van der Waals surface area (Å²) in [6, 6.07) is 5.84. The quantitative estimate of drug-likeness (QED) is 0.724. The topological polar surface area (TPSA) is 106 Å². The van der Waals surface area contributed by atoms with Crippen molar-refractivity contribution >= 4 is 38.2 Å². The fourth-order valence-electron chi connectivity index (χ4n) is 4.20. The van der Waals surface area contributed by atoms with Gasteiger partial charge in [-0.15, -0.1) is 0 Å². The summed E-state index contributed by atoms with van der Waals surface area (Å²) >= 11 is 1.19. The van der Waals surface area contributed by atoms with Crippen molar-refractivity contribution < 1.29 is 22.7 Å². The molecule has 1 saturated heterocycles. The van der Waals surface area contributed by atoms with Crippen LogP contribution in [-0.4, -0.2) is 54.7 Å². The van der Waals surface area contributed by atoms with Crippen molar-refractivity contribution in [2.45, 2.75) is 57.6 Å². The molecule has 2 aliphatic rings. The summed E-state index contributed by atoms with van der Waals surface area (Å²) in [4.78, 5) is 30.2. The molecule has 8 nitrogen and oxygen atoms in total. The molecule has 4 rings (SSSR count). The van der Waals surface area contributed by atoms with Crippen LogP contribution in [0.15, 0.2) is 29.2 Å². The van der Waals surface area contributed by atoms with Gasteiger partial charge in [-0.2, -0.15) is 4.31 Å². The molecule has 0 radical (unpaired) electrons. The molecule has 1 aromatic carbocycles. The minimum atomic E-state index is -3.67. The zero-order valence-electron chi connectivity index (χ0n) is 18.5. The molecule has 1 aliphatic carbocycles. The Morgan fingerprint density at radius 2 is 1.78 bits per heavy atom. The van der Waals surface area contributed by atoms with Crippen molar-refractivity contribution in [3.63, 3.8) is 0 Å². The molecule has 32 heavy (non-hydrogen) atoms. The standard InChI is InChI=1S/C22H27N3O5S2/c1-13-11-25(12-14(2)30-13)32(28,29)16-7-5-15(6-8-16)20(27)24-21-23-17-9-22(3,4)10-18(26)19(17)31-21/h5-8,13-14H,9-12H2,1-4H3,(H,23,24,27)/t13-,14+. The minimum Gasteiger partial charge on any atom is -0.373 e. The number of ketones is 1. The molecule has 0 unspecified atom stereocenters. The predicted molar refractivity (Wildman–Crippen MR) is 122 cm³/mol. The van der Waals surface area contributed by atoms with Crippen LogP contribution in [0.4, 0.5) is 5.13 Å². The lowest BCUT2D eigenvalue weighted by Gasteiger charge is -2.34. The Balaban J connectivity index is 1.48. The lowest BCUT2D eigenvalue weighted by atomic mass is 9.78. The van der Waals surface area contributed by atoms with Gasteiger partial charge in [-0.05, 0) is 49.9 Å². The van der Waals surface area contributed by atoms with Crippen LogP contribution in [0.1, 0.15) is 59.8 Å². The number of nitrogens with one attached hydrogen (secondary N) is 1. The first-order chi connectivity index (χ1) is 14.9. The number of sulfonamides is 1. The molecule has 0 bridgehead atoms. The average Bonchev–Trinajstić information content (AvgIpc) is 3.08. The third kappa shape index (κ3) is 4.63. The highest BCUT2D eigenvalue weighted by molar-refractivity contribution is 7.89. The largest absolute Gasteiger partial charge is 0.373 e. The Hall–Kier alpha value is -2.14. The van der Waals surface area contributed by atoms with Gasteiger partial charge in [0.15, 0.2) is 10.9 Å². The van der Waals surface area contributed by atoms with E-state index in [0.717, 1.165) is 5.69 Å². The smallest absolute Gasteiger partial charge is 0.257 e. The zero-order chi connectivity index (χ0) is 23.3. The third-order valence-electron chi connectivity index (χ3n) is 5.60. The predicted octanol–water partition coefficient (Wildman–Crippen LogP) is 3.35. The lowest BCUT2D eigenvalue weighted by molar-refractivity contribution is -0.0440. The second-order valence-electron chi connectivity index (χ2n) is 9.29. The minimum absolute atomic E-state index is 0.0514. The Kier molecular flexibility index (Phi) is 6.00. The van der Waals surface area contributed by atoms with Crippen LogP contribution in [0, 0.1) is 5.41 Å². The number of anilines is 1. The number of thiazole rings is 1. The van der Waals surface area contributed by atoms with Crippen LogP contribution in [0.25, 0.3) is 0 Å². The van der Waals surface area contributed by atoms with Crippen LogP contribution < -0.4 is 5.32 Å². The van der Waals surface area contributed by atoms with E-state index in [0.29, 0.717) is 41.5 Å². The van der Waals surface area contributed by atoms with Gasteiger partial charge in [0.1, 0.15) is 0 Å². The molecule has 1 amide bonds. The fourth-order valence-corrected chi connectivity index (χ4v) is 6.70. The highest BCUT2D eigenvalue weighted by atomic mass is 32.2. The number of morpholine rings is 1. The number of carbonyl (C=O) groups excluding carboxylic acids is 2. The number of carbonyl (C=O) groups is 2. The van der Waals surface area contributed by atoms with Gasteiger partial charge in [-0.1, -0.05) is 25.2 Å². The normalized spacial score (nSPS) is 23.6. The van der Waals surface area contributed by atoms with Gasteiger partial charge in [0.05, 0.1) is 27.7 Å². The molecule has 1 aromatic heterocycles. The summed E-state index contributed by atoms with van der Waals surface area (Å²) in [6.07, 6.45) is 0.790. The van der Waals surface area contributed by atoms with E-state index in [9.17, 15) is 18.0 Å². The van der Waals surface area contributed by atoms with Gasteiger partial charge in [-0.25, -0.2) is 13.4 Å². The van der Waals surface area contributed by atoms with E-state index in [4.69, 9.17) is 4.74 Å². The van der Waals surface area contributed by atoms with Gasteiger partial charge < -0.3 is 4.74 Å². The molecule has 2 aromatic rings. The molecule has 1 N–H and O–H groups in total. The highest BCUT2D eigenvalue weighted by Crippen LogP contribution is 2.38. The summed E-state index contributed by atoms with van der Waals surface area (Å²) in [5, 5.41) is 3.11. The number of hydrogen-bond acceptors (Lipinski definition) is 7. The molecule has 0 spiro atoms. The monoisotopic (exact) mass is 477 g/mol. The van der Waals surface area contributed by atoms with E-state index in [1.165, 1.54) is 39.9 Å². The fraction of sp³-hybridized carbons (Fsp3) is 0.500. The Morgan fingerprint density at radius 1 is 1.16 bits per heavy atom. The highest BCUT2D eigenvalue weighted by Gasteiger charge is 2.34. The van der Waals surface area contributed by atoms with Gasteiger partial charge in [0, 0.05) is 25.1 Å². The number of amides is 1. The van der Waals surface area contributed by atoms with Crippen molar-refractivity contribution in [1.29, 1.82) is 0 Å². The van der Waals surface area contributed by atoms with E-state index < -0.39 is 15.9 Å². The molecule has 2 atom stereocenters. The second kappa shape index (κ2) is 8.33. The Labute approximate surface area is 192 Å². The maximum absolute atomic E-state index is 13.0. The van der Waals surface area contributed by atoms with E-state index in [-0.39, 0.29) is 28.3 Å². The first-order valence-electron chi connectivity index (χ1n) is 10.5. The first-order valence-corrected chi connectivity index (χ1v) is 12.8. The van der Waals surface area contributed by atoms with Crippen LogP contribution in [0.5, 0.6) is 0 Å². The van der Waals surface area contributed by atoms with Gasteiger partial charge in [0.25, 0.3) is 5.91 Å². The van der Waals surface area contributed by atoms with Crippen molar-refractivity contribution in [3.05, 3.63) is 40.4 Å². The number of benzene rings is 1. The molecular formula is C22H27N3O5S2. The number of aromatic nitrogens is 1. The van der Waals surface area contributed by atoms with Crippen molar-refractivity contribution in [2.75, 3.05) is 18.4 Å². The summed E-state index contributed by atoms with van der Waals surface area (Å²) in [5.41, 5.74) is 0.894. The molecule has 10 heteroatoms. The zero-order valence-corrected chi connectivity index (χ0v) is 20.2. The Morgan fingerprint density at radius 3 is 2.41 bits per heavy atom. The lowest BCUT2D eigenvalue weighted by Crippen LogP contribution is -2.48. The van der Waals surface area contributed by atoms with Crippen LogP contribution in [0.2, 0.25) is 0 Å². The summed E-state index contributed by atoms with van der Waals surface area (Å²) in [5.74, 6) is -0.351. The van der Waals surface area contributed by atoms with E-state index >= 15 is 0 Å². The van der Waals surface area contributed by atoms with Gasteiger partial charge >= 0.3 is 0 Å². The summed E-state index contributed by atoms with van der Waals surface area (Å²) < 4.78 is 33.0. The number of nitrogens with zero attached hydrogens (tertiary/aromatic N) is 2. The number of hydrogen-bond donors (Lipinski definition) is 1. The number of rotatable bonds is 4. The number of fused-ring (bicyclic) bond motifs is 1. The Bertz CT molecular complexity index is 1140. The molecule has 172 valence electrons. The van der Waals surface area contributed by atoms with Gasteiger partial charge in [0.2, 0.25) is 10.0 Å². The number of ether oxygens (including phenoxy) is 1. The van der Waals surface area contributed by atoms with Gasteiger partial charge in [-0.3, -0.25) is 14.9 Å². The van der Waals surface area contributed by atoms with E-state index in [1.54, 1.807) is 0 Å². The maximum atomic E-state index is 13.0. The molecule has 2 heterocycles. The SMILES string of the molecule is C[C@@H]1CN(S(=O)(=O)c2ccc(C(=O)Nc3nc4c(s3)C(=O)CC(C)(C)C4)cc2)C[C@H](C)O1. The maximum Gasteiger partial charge on any atom is 0.257 e.